The monoisotopic (exact) mass is 338 g/mol. The number of methoxy groups -OCH3 is 1. The molecule has 2 heterocycles. The van der Waals surface area contributed by atoms with E-state index in [-0.39, 0.29) is 5.97 Å². The molecule has 0 radical (unpaired) electrons. The van der Waals surface area contributed by atoms with Crippen molar-refractivity contribution in [3.63, 3.8) is 0 Å². The minimum Gasteiger partial charge on any atom is -0.467 e. The summed E-state index contributed by atoms with van der Waals surface area (Å²) >= 11 is 0. The number of furan rings is 1. The average Bonchev–Trinajstić information content (AvgIpc) is 3.12. The van der Waals surface area contributed by atoms with Gasteiger partial charge in [0.1, 0.15) is 23.2 Å². The van der Waals surface area contributed by atoms with E-state index in [1.807, 2.05) is 25.1 Å². The normalized spacial score (nSPS) is 10.3. The lowest BCUT2D eigenvalue weighted by atomic mass is 10.2. The first-order valence-corrected chi connectivity index (χ1v) is 7.71. The maximum absolute atomic E-state index is 11.6. The van der Waals surface area contributed by atoms with Gasteiger partial charge >= 0.3 is 5.97 Å². The molecule has 128 valence electrons. The third-order valence-corrected chi connectivity index (χ3v) is 3.42. The van der Waals surface area contributed by atoms with E-state index < -0.39 is 0 Å². The Morgan fingerprint density at radius 3 is 2.76 bits per heavy atom. The molecule has 25 heavy (non-hydrogen) atoms. The highest BCUT2D eigenvalue weighted by Gasteiger charge is 2.07. The molecule has 0 unspecified atom stereocenters. The van der Waals surface area contributed by atoms with Crippen LogP contribution < -0.4 is 10.6 Å². The van der Waals surface area contributed by atoms with Crippen LogP contribution in [-0.4, -0.2) is 23.0 Å². The third kappa shape index (κ3) is 4.35. The van der Waals surface area contributed by atoms with E-state index in [4.69, 9.17) is 9.15 Å². The van der Waals surface area contributed by atoms with E-state index in [9.17, 15) is 4.79 Å². The molecule has 0 aliphatic heterocycles. The van der Waals surface area contributed by atoms with Crippen LogP contribution in [0.3, 0.4) is 0 Å². The van der Waals surface area contributed by atoms with Crippen LogP contribution >= 0.6 is 0 Å². The molecule has 0 spiro atoms. The molecule has 7 nitrogen and oxygen atoms in total. The molecule has 0 fully saturated rings. The van der Waals surface area contributed by atoms with E-state index in [2.05, 4.69) is 20.6 Å². The molecule has 0 saturated carbocycles. The number of hydrogen-bond acceptors (Lipinski definition) is 7. The van der Waals surface area contributed by atoms with Crippen molar-refractivity contribution < 1.29 is 13.9 Å². The summed E-state index contributed by atoms with van der Waals surface area (Å²) in [5.41, 5.74) is 1.20. The number of esters is 1. The number of ether oxygens (including phenoxy) is 1. The van der Waals surface area contributed by atoms with Gasteiger partial charge in [-0.2, -0.15) is 0 Å². The Kier molecular flexibility index (Phi) is 4.94. The summed E-state index contributed by atoms with van der Waals surface area (Å²) in [5, 5.41) is 6.37. The standard InChI is InChI=1S/C18H18N4O3/c1-12-20-16(19-11-15-7-4-8-25-15)10-17(21-12)22-14-6-3-5-13(9-14)18(23)24-2/h3-10H,11H2,1-2H3,(H2,19,20,21,22). The number of anilines is 3. The summed E-state index contributed by atoms with van der Waals surface area (Å²) in [7, 11) is 1.35. The van der Waals surface area contributed by atoms with Gasteiger partial charge in [0.15, 0.2) is 0 Å². The van der Waals surface area contributed by atoms with Crippen LogP contribution in [0.25, 0.3) is 0 Å². The van der Waals surface area contributed by atoms with Crippen molar-refractivity contribution in [2.45, 2.75) is 13.5 Å². The van der Waals surface area contributed by atoms with E-state index in [1.165, 1.54) is 7.11 Å². The molecule has 2 N–H and O–H groups in total. The summed E-state index contributed by atoms with van der Waals surface area (Å²) in [6.45, 7) is 2.34. The summed E-state index contributed by atoms with van der Waals surface area (Å²) in [6, 6.07) is 12.5. The number of nitrogens with zero attached hydrogens (tertiary/aromatic N) is 2. The Bertz CT molecular complexity index is 863. The molecular formula is C18H18N4O3. The van der Waals surface area contributed by atoms with Gasteiger partial charge in [0.05, 0.1) is 25.5 Å². The third-order valence-electron chi connectivity index (χ3n) is 3.42. The highest BCUT2D eigenvalue weighted by atomic mass is 16.5. The van der Waals surface area contributed by atoms with E-state index >= 15 is 0 Å². The Morgan fingerprint density at radius 1 is 1.16 bits per heavy atom. The zero-order chi connectivity index (χ0) is 17.6. The van der Waals surface area contributed by atoms with Crippen molar-refractivity contribution >= 4 is 23.3 Å². The predicted molar refractivity (Wildman–Crippen MR) is 93.9 cm³/mol. The Morgan fingerprint density at radius 2 is 2.00 bits per heavy atom. The van der Waals surface area contributed by atoms with Gasteiger partial charge in [0.25, 0.3) is 0 Å². The van der Waals surface area contributed by atoms with Gasteiger partial charge in [0, 0.05) is 11.8 Å². The lowest BCUT2D eigenvalue weighted by Crippen LogP contribution is -2.05. The largest absolute Gasteiger partial charge is 0.467 e. The number of carbonyl (C=O) groups is 1. The first-order valence-electron chi connectivity index (χ1n) is 7.71. The van der Waals surface area contributed by atoms with Crippen LogP contribution in [0.15, 0.2) is 53.1 Å². The van der Waals surface area contributed by atoms with Gasteiger partial charge in [-0.05, 0) is 37.3 Å². The fraction of sp³-hybridized carbons (Fsp3) is 0.167. The first kappa shape index (κ1) is 16.5. The van der Waals surface area contributed by atoms with Gasteiger partial charge < -0.3 is 19.8 Å². The topological polar surface area (TPSA) is 89.3 Å². The van der Waals surface area contributed by atoms with Crippen molar-refractivity contribution in [3.8, 4) is 0 Å². The highest BCUT2D eigenvalue weighted by Crippen LogP contribution is 2.19. The second-order valence-electron chi connectivity index (χ2n) is 5.32. The van der Waals surface area contributed by atoms with E-state index in [1.54, 1.807) is 30.5 Å². The molecule has 0 aliphatic carbocycles. The van der Waals surface area contributed by atoms with Crippen LogP contribution in [-0.2, 0) is 11.3 Å². The van der Waals surface area contributed by atoms with Crippen LogP contribution in [0.4, 0.5) is 17.3 Å². The van der Waals surface area contributed by atoms with Crippen molar-refractivity contribution in [1.29, 1.82) is 0 Å². The average molecular weight is 338 g/mol. The molecule has 0 bridgehead atoms. The minimum atomic E-state index is -0.386. The molecule has 0 aliphatic rings. The lowest BCUT2D eigenvalue weighted by molar-refractivity contribution is 0.0601. The molecule has 3 rings (SSSR count). The molecule has 7 heteroatoms. The molecule has 2 aromatic heterocycles. The van der Waals surface area contributed by atoms with Gasteiger partial charge in [-0.15, -0.1) is 0 Å². The summed E-state index contributed by atoms with van der Waals surface area (Å²) in [4.78, 5) is 20.4. The molecule has 0 atom stereocenters. The van der Waals surface area contributed by atoms with Crippen molar-refractivity contribution in [2.24, 2.45) is 0 Å². The summed E-state index contributed by atoms with van der Waals surface area (Å²) in [6.07, 6.45) is 1.63. The fourth-order valence-corrected chi connectivity index (χ4v) is 2.30. The smallest absolute Gasteiger partial charge is 0.337 e. The Balaban J connectivity index is 1.75. The number of aryl methyl sites for hydroxylation is 1. The number of benzene rings is 1. The SMILES string of the molecule is COC(=O)c1cccc(Nc2cc(NCc3ccco3)nc(C)n2)c1. The number of nitrogens with one attached hydrogen (secondary N) is 2. The summed E-state index contributed by atoms with van der Waals surface area (Å²) < 4.78 is 10.0. The Labute approximate surface area is 145 Å². The van der Waals surface area contributed by atoms with Gasteiger partial charge in [-0.25, -0.2) is 14.8 Å². The summed E-state index contributed by atoms with van der Waals surface area (Å²) in [5.74, 6) is 2.35. The predicted octanol–water partition coefficient (Wildman–Crippen LogP) is 3.52. The van der Waals surface area contributed by atoms with Gasteiger partial charge in [-0.1, -0.05) is 6.07 Å². The Hall–Kier alpha value is -3.35. The number of carbonyl (C=O) groups excluding carboxylic acids is 1. The quantitative estimate of drug-likeness (QED) is 0.665. The van der Waals surface area contributed by atoms with Gasteiger partial charge in [-0.3, -0.25) is 0 Å². The van der Waals surface area contributed by atoms with Crippen molar-refractivity contribution in [2.75, 3.05) is 17.7 Å². The van der Waals surface area contributed by atoms with Crippen LogP contribution in [0.5, 0.6) is 0 Å². The van der Waals surface area contributed by atoms with Crippen LogP contribution in [0.1, 0.15) is 21.9 Å². The first-order chi connectivity index (χ1) is 12.1. The maximum atomic E-state index is 11.6. The number of aromatic nitrogens is 2. The van der Waals surface area contributed by atoms with Crippen LogP contribution in [0.2, 0.25) is 0 Å². The van der Waals surface area contributed by atoms with E-state index in [0.29, 0.717) is 29.6 Å². The lowest BCUT2D eigenvalue weighted by Gasteiger charge is -2.10. The second-order valence-corrected chi connectivity index (χ2v) is 5.32. The zero-order valence-electron chi connectivity index (χ0n) is 13.9. The van der Waals surface area contributed by atoms with Gasteiger partial charge in [0.2, 0.25) is 0 Å². The molecule has 0 amide bonds. The number of rotatable bonds is 6. The van der Waals surface area contributed by atoms with E-state index in [0.717, 1.165) is 11.4 Å². The molecule has 0 saturated heterocycles. The minimum absolute atomic E-state index is 0.386. The van der Waals surface area contributed by atoms with Crippen LogP contribution in [0, 0.1) is 6.92 Å². The molecule has 3 aromatic rings. The zero-order valence-corrected chi connectivity index (χ0v) is 13.9. The highest BCUT2D eigenvalue weighted by molar-refractivity contribution is 5.90. The maximum Gasteiger partial charge on any atom is 0.337 e. The second kappa shape index (κ2) is 7.48. The molecule has 1 aromatic carbocycles. The van der Waals surface area contributed by atoms with Crippen molar-refractivity contribution in [1.82, 2.24) is 9.97 Å². The number of hydrogen-bond donors (Lipinski definition) is 2. The molecular weight excluding hydrogens is 320 g/mol. The van der Waals surface area contributed by atoms with Crippen molar-refractivity contribution in [3.05, 3.63) is 65.9 Å². The fourth-order valence-electron chi connectivity index (χ4n) is 2.30.